The zero-order chi connectivity index (χ0) is 19.4. The smallest absolute Gasteiger partial charge is 0.322 e. The number of benzene rings is 1. The number of piperazine rings is 1. The van der Waals surface area contributed by atoms with E-state index in [4.69, 9.17) is 0 Å². The molecule has 0 spiro atoms. The maximum Gasteiger partial charge on any atom is 0.322 e. The fourth-order valence-electron chi connectivity index (χ4n) is 3.05. The average molecular weight is 385 g/mol. The molecule has 1 aromatic heterocycles. The van der Waals surface area contributed by atoms with Gasteiger partial charge in [-0.25, -0.2) is 14.8 Å². The van der Waals surface area contributed by atoms with E-state index in [1.165, 1.54) is 11.8 Å². The Labute approximate surface area is 163 Å². The summed E-state index contributed by atoms with van der Waals surface area (Å²) in [6.07, 6.45) is 3.41. The van der Waals surface area contributed by atoms with Crippen LogP contribution in [0.3, 0.4) is 0 Å². The lowest BCUT2D eigenvalue weighted by Crippen LogP contribution is -2.60. The van der Waals surface area contributed by atoms with E-state index in [1.807, 2.05) is 39.0 Å². The van der Waals surface area contributed by atoms with Crippen LogP contribution in [-0.2, 0) is 4.79 Å². The van der Waals surface area contributed by atoms with Gasteiger partial charge in [-0.2, -0.15) is 0 Å². The van der Waals surface area contributed by atoms with Gasteiger partial charge in [0.25, 0.3) is 0 Å². The van der Waals surface area contributed by atoms with Gasteiger partial charge in [-0.05, 0) is 54.4 Å². The second-order valence-corrected chi connectivity index (χ2v) is 7.75. The minimum atomic E-state index is -0.455. The molecule has 2 aromatic rings. The quantitative estimate of drug-likeness (QED) is 0.790. The first-order valence-electron chi connectivity index (χ1n) is 8.86. The van der Waals surface area contributed by atoms with Crippen molar-refractivity contribution in [2.24, 2.45) is 5.92 Å². The molecule has 142 valence electrons. The number of anilines is 1. The summed E-state index contributed by atoms with van der Waals surface area (Å²) in [6.45, 7) is 6.80. The fraction of sp³-hybridized carbons (Fsp3) is 0.368. The molecule has 27 heavy (non-hydrogen) atoms. The number of nitrogens with one attached hydrogen (secondary N) is 2. The van der Waals surface area contributed by atoms with Crippen molar-refractivity contribution >= 4 is 29.4 Å². The SMILES string of the molecule is Cc1cc(Sc2ncccn2)ccc1NC(=O)N1CCNC(=O)[C@@H]1C(C)C. The molecule has 1 aromatic carbocycles. The summed E-state index contributed by atoms with van der Waals surface area (Å²) < 4.78 is 0. The van der Waals surface area contributed by atoms with Gasteiger partial charge in [0.05, 0.1) is 0 Å². The molecule has 3 amide bonds. The molecule has 0 aliphatic carbocycles. The van der Waals surface area contributed by atoms with Crippen molar-refractivity contribution in [1.29, 1.82) is 0 Å². The Bertz CT molecular complexity index is 828. The second kappa shape index (κ2) is 8.39. The summed E-state index contributed by atoms with van der Waals surface area (Å²) >= 11 is 1.46. The Morgan fingerprint density at radius 3 is 2.74 bits per heavy atom. The zero-order valence-corrected chi connectivity index (χ0v) is 16.4. The Kier molecular flexibility index (Phi) is 5.95. The van der Waals surface area contributed by atoms with Crippen molar-refractivity contribution in [2.75, 3.05) is 18.4 Å². The Balaban J connectivity index is 1.71. The molecular weight excluding hydrogens is 362 g/mol. The van der Waals surface area contributed by atoms with Crippen molar-refractivity contribution in [2.45, 2.75) is 36.9 Å². The van der Waals surface area contributed by atoms with E-state index < -0.39 is 6.04 Å². The Hall–Kier alpha value is -2.61. The van der Waals surface area contributed by atoms with Crippen LogP contribution in [-0.4, -0.2) is 45.9 Å². The number of hydrogen-bond acceptors (Lipinski definition) is 5. The van der Waals surface area contributed by atoms with Gasteiger partial charge in [0.2, 0.25) is 5.91 Å². The van der Waals surface area contributed by atoms with Crippen LogP contribution in [0.25, 0.3) is 0 Å². The summed E-state index contributed by atoms with van der Waals surface area (Å²) in [7, 11) is 0. The van der Waals surface area contributed by atoms with Gasteiger partial charge in [-0.1, -0.05) is 13.8 Å². The number of nitrogens with zero attached hydrogens (tertiary/aromatic N) is 3. The average Bonchev–Trinajstić information content (AvgIpc) is 2.64. The molecule has 7 nitrogen and oxygen atoms in total. The van der Waals surface area contributed by atoms with Gasteiger partial charge in [0, 0.05) is 36.1 Å². The standard InChI is InChI=1S/C19H23N5O2S/c1-12(2)16-17(25)20-9-10-24(16)19(26)23-15-6-5-14(11-13(15)3)27-18-21-7-4-8-22-18/h4-8,11-12,16H,9-10H2,1-3H3,(H,20,25)(H,23,26)/t16-/m0/s1. The number of carbonyl (C=O) groups excluding carboxylic acids is 2. The van der Waals surface area contributed by atoms with E-state index in [2.05, 4.69) is 20.6 Å². The van der Waals surface area contributed by atoms with Crippen LogP contribution in [0.5, 0.6) is 0 Å². The van der Waals surface area contributed by atoms with Crippen LogP contribution in [0.15, 0.2) is 46.7 Å². The van der Waals surface area contributed by atoms with Gasteiger partial charge >= 0.3 is 6.03 Å². The van der Waals surface area contributed by atoms with Gasteiger partial charge in [-0.15, -0.1) is 0 Å². The highest BCUT2D eigenvalue weighted by molar-refractivity contribution is 7.99. The summed E-state index contributed by atoms with van der Waals surface area (Å²) in [6, 6.07) is 6.85. The maximum absolute atomic E-state index is 12.8. The van der Waals surface area contributed by atoms with Crippen LogP contribution in [0.2, 0.25) is 0 Å². The molecular formula is C19H23N5O2S. The van der Waals surface area contributed by atoms with Crippen LogP contribution >= 0.6 is 11.8 Å². The molecule has 0 unspecified atom stereocenters. The topological polar surface area (TPSA) is 87.2 Å². The van der Waals surface area contributed by atoms with Gasteiger partial charge in [0.15, 0.2) is 5.16 Å². The number of carbonyl (C=O) groups is 2. The molecule has 0 saturated carbocycles. The molecule has 3 rings (SSSR count). The molecule has 1 saturated heterocycles. The van der Waals surface area contributed by atoms with E-state index in [-0.39, 0.29) is 17.9 Å². The van der Waals surface area contributed by atoms with Crippen molar-refractivity contribution in [3.05, 3.63) is 42.2 Å². The van der Waals surface area contributed by atoms with E-state index in [9.17, 15) is 9.59 Å². The molecule has 0 radical (unpaired) electrons. The third kappa shape index (κ3) is 4.57. The maximum atomic E-state index is 12.8. The molecule has 8 heteroatoms. The predicted octanol–water partition coefficient (Wildman–Crippen LogP) is 2.92. The first-order valence-corrected chi connectivity index (χ1v) is 9.68. The number of urea groups is 1. The summed E-state index contributed by atoms with van der Waals surface area (Å²) in [5.41, 5.74) is 1.67. The lowest BCUT2D eigenvalue weighted by Gasteiger charge is -2.37. The summed E-state index contributed by atoms with van der Waals surface area (Å²) in [4.78, 5) is 35.9. The molecule has 1 aliphatic rings. The van der Waals surface area contributed by atoms with Crippen LogP contribution in [0.4, 0.5) is 10.5 Å². The Morgan fingerprint density at radius 2 is 2.07 bits per heavy atom. The summed E-state index contributed by atoms with van der Waals surface area (Å²) in [5.74, 6) is -0.0560. The molecule has 0 bridgehead atoms. The zero-order valence-electron chi connectivity index (χ0n) is 15.6. The molecule has 1 atom stereocenters. The third-order valence-electron chi connectivity index (χ3n) is 4.34. The van der Waals surface area contributed by atoms with Crippen LogP contribution < -0.4 is 10.6 Å². The van der Waals surface area contributed by atoms with Gasteiger partial charge in [0.1, 0.15) is 6.04 Å². The number of amides is 3. The Morgan fingerprint density at radius 1 is 1.33 bits per heavy atom. The number of hydrogen-bond donors (Lipinski definition) is 2. The lowest BCUT2D eigenvalue weighted by atomic mass is 10.00. The van der Waals surface area contributed by atoms with Crippen LogP contribution in [0, 0.1) is 12.8 Å². The fourth-order valence-corrected chi connectivity index (χ4v) is 3.86. The normalized spacial score (nSPS) is 17.0. The number of aryl methyl sites for hydroxylation is 1. The number of rotatable bonds is 4. The molecule has 2 heterocycles. The monoisotopic (exact) mass is 385 g/mol. The van der Waals surface area contributed by atoms with Crippen molar-refractivity contribution in [3.63, 3.8) is 0 Å². The van der Waals surface area contributed by atoms with Crippen molar-refractivity contribution < 1.29 is 9.59 Å². The highest BCUT2D eigenvalue weighted by Gasteiger charge is 2.35. The summed E-state index contributed by atoms with van der Waals surface area (Å²) in [5, 5.41) is 6.45. The second-order valence-electron chi connectivity index (χ2n) is 6.71. The number of aromatic nitrogens is 2. The first-order chi connectivity index (χ1) is 13.0. The molecule has 1 fully saturated rings. The van der Waals surface area contributed by atoms with E-state index >= 15 is 0 Å². The lowest BCUT2D eigenvalue weighted by molar-refractivity contribution is -0.129. The molecule has 2 N–H and O–H groups in total. The minimum absolute atomic E-state index is 0.0433. The largest absolute Gasteiger partial charge is 0.353 e. The minimum Gasteiger partial charge on any atom is -0.353 e. The first kappa shape index (κ1) is 19.2. The third-order valence-corrected chi connectivity index (χ3v) is 5.22. The highest BCUT2D eigenvalue weighted by atomic mass is 32.2. The van der Waals surface area contributed by atoms with Crippen LogP contribution in [0.1, 0.15) is 19.4 Å². The van der Waals surface area contributed by atoms with Crippen molar-refractivity contribution in [1.82, 2.24) is 20.2 Å². The van der Waals surface area contributed by atoms with Crippen molar-refractivity contribution in [3.8, 4) is 0 Å². The van der Waals surface area contributed by atoms with Gasteiger partial charge in [-0.3, -0.25) is 4.79 Å². The van der Waals surface area contributed by atoms with E-state index in [0.29, 0.717) is 18.2 Å². The van der Waals surface area contributed by atoms with Gasteiger partial charge < -0.3 is 15.5 Å². The predicted molar refractivity (Wildman–Crippen MR) is 105 cm³/mol. The van der Waals surface area contributed by atoms with E-state index in [1.54, 1.807) is 23.4 Å². The highest BCUT2D eigenvalue weighted by Crippen LogP contribution is 2.28. The molecule has 1 aliphatic heterocycles. The van der Waals surface area contributed by atoms with E-state index in [0.717, 1.165) is 16.1 Å².